The number of alkyl carbamates (subject to hydrolysis) is 1. The molecule has 3 N–H and O–H groups in total. The number of hydrogen-bond acceptors (Lipinski definition) is 5. The third-order valence-corrected chi connectivity index (χ3v) is 4.92. The average molecular weight is 456 g/mol. The van der Waals surface area contributed by atoms with Crippen LogP contribution in [0.15, 0.2) is 48.5 Å². The summed E-state index contributed by atoms with van der Waals surface area (Å²) in [5.74, 6) is -1.05. The topological polar surface area (TPSA) is 108 Å². The van der Waals surface area contributed by atoms with E-state index in [1.807, 2.05) is 44.2 Å². The van der Waals surface area contributed by atoms with Crippen LogP contribution in [-0.4, -0.2) is 53.2 Å². The molecule has 0 heterocycles. The van der Waals surface area contributed by atoms with Crippen molar-refractivity contribution in [2.24, 2.45) is 0 Å². The quantitative estimate of drug-likeness (QED) is 0.594. The molecule has 3 amide bonds. The highest BCUT2D eigenvalue weighted by molar-refractivity contribution is 5.99. The lowest BCUT2D eigenvalue weighted by Crippen LogP contribution is -2.52. The molecule has 0 radical (unpaired) electrons. The summed E-state index contributed by atoms with van der Waals surface area (Å²) in [4.78, 5) is 40.0. The van der Waals surface area contributed by atoms with Gasteiger partial charge in [0.2, 0.25) is 5.91 Å². The van der Waals surface area contributed by atoms with E-state index in [-0.39, 0.29) is 0 Å². The molecule has 2 unspecified atom stereocenters. The van der Waals surface area contributed by atoms with E-state index in [2.05, 4.69) is 10.6 Å². The third kappa shape index (κ3) is 7.32. The van der Waals surface area contributed by atoms with Gasteiger partial charge in [0, 0.05) is 12.7 Å². The van der Waals surface area contributed by atoms with Crippen molar-refractivity contribution in [3.05, 3.63) is 65.2 Å². The number of amides is 3. The van der Waals surface area contributed by atoms with Gasteiger partial charge in [-0.25, -0.2) is 4.79 Å². The SMILES string of the molecule is Cc1cccc(C(C(=O)Nc2ccccc2C)N(C)C(=O)C(CO)NC(=O)OC(C)(C)C)c1. The van der Waals surface area contributed by atoms with Crippen molar-refractivity contribution in [3.63, 3.8) is 0 Å². The smallest absolute Gasteiger partial charge is 0.408 e. The Kier molecular flexibility index (Phi) is 8.59. The molecule has 8 nitrogen and oxygen atoms in total. The van der Waals surface area contributed by atoms with Crippen LogP contribution in [0.2, 0.25) is 0 Å². The van der Waals surface area contributed by atoms with E-state index in [4.69, 9.17) is 4.74 Å². The second-order valence-corrected chi connectivity index (χ2v) is 8.95. The molecular weight excluding hydrogens is 422 g/mol. The van der Waals surface area contributed by atoms with Crippen LogP contribution in [0.25, 0.3) is 0 Å². The van der Waals surface area contributed by atoms with Gasteiger partial charge in [0.1, 0.15) is 17.7 Å². The van der Waals surface area contributed by atoms with Crippen LogP contribution < -0.4 is 10.6 Å². The molecule has 0 saturated carbocycles. The van der Waals surface area contributed by atoms with Crippen molar-refractivity contribution < 1.29 is 24.2 Å². The van der Waals surface area contributed by atoms with Crippen molar-refractivity contribution in [1.29, 1.82) is 0 Å². The minimum atomic E-state index is -1.27. The fourth-order valence-electron chi connectivity index (χ4n) is 3.31. The maximum absolute atomic E-state index is 13.4. The molecular formula is C25H33N3O5. The standard InChI is InChI=1S/C25H33N3O5/c1-16-10-9-12-18(14-16)21(22(30)26-19-13-8-7-11-17(19)2)28(6)23(31)20(15-29)27-24(32)33-25(3,4)5/h7-14,20-21,29H,15H2,1-6H3,(H,26,30)(H,27,32). The Morgan fingerprint density at radius 3 is 2.30 bits per heavy atom. The van der Waals surface area contributed by atoms with Gasteiger partial charge in [-0.3, -0.25) is 9.59 Å². The first-order chi connectivity index (χ1) is 15.4. The Hall–Kier alpha value is -3.39. The first-order valence-electron chi connectivity index (χ1n) is 10.7. The van der Waals surface area contributed by atoms with Gasteiger partial charge >= 0.3 is 6.09 Å². The Morgan fingerprint density at radius 1 is 1.06 bits per heavy atom. The van der Waals surface area contributed by atoms with Crippen molar-refractivity contribution >= 4 is 23.6 Å². The van der Waals surface area contributed by atoms with Crippen LogP contribution in [0.3, 0.4) is 0 Å². The molecule has 2 aromatic rings. The third-order valence-electron chi connectivity index (χ3n) is 4.92. The molecule has 0 aliphatic carbocycles. The number of carbonyl (C=O) groups is 3. The number of aliphatic hydroxyl groups excluding tert-OH is 1. The summed E-state index contributed by atoms with van der Waals surface area (Å²) < 4.78 is 5.19. The minimum Gasteiger partial charge on any atom is -0.444 e. The van der Waals surface area contributed by atoms with E-state index in [0.29, 0.717) is 11.3 Å². The summed E-state index contributed by atoms with van der Waals surface area (Å²) in [6, 6.07) is 12.3. The zero-order chi connectivity index (χ0) is 24.8. The molecule has 2 aromatic carbocycles. The predicted molar refractivity (Wildman–Crippen MR) is 127 cm³/mol. The van der Waals surface area contributed by atoms with E-state index in [0.717, 1.165) is 11.1 Å². The highest BCUT2D eigenvalue weighted by Crippen LogP contribution is 2.24. The van der Waals surface area contributed by atoms with Crippen LogP contribution in [0.4, 0.5) is 10.5 Å². The van der Waals surface area contributed by atoms with E-state index in [9.17, 15) is 19.5 Å². The van der Waals surface area contributed by atoms with Crippen molar-refractivity contribution in [3.8, 4) is 0 Å². The molecule has 2 rings (SSSR count). The van der Waals surface area contributed by atoms with Gasteiger partial charge in [0.25, 0.3) is 5.91 Å². The summed E-state index contributed by atoms with van der Waals surface area (Å²) >= 11 is 0. The number of hydrogen-bond donors (Lipinski definition) is 3. The summed E-state index contributed by atoms with van der Waals surface area (Å²) in [7, 11) is 1.46. The highest BCUT2D eigenvalue weighted by atomic mass is 16.6. The summed E-state index contributed by atoms with van der Waals surface area (Å²) in [6.45, 7) is 8.19. The molecule has 0 saturated heterocycles. The Bertz CT molecular complexity index is 1000. The van der Waals surface area contributed by atoms with Gasteiger partial charge < -0.3 is 25.4 Å². The molecule has 0 bridgehead atoms. The van der Waals surface area contributed by atoms with Crippen molar-refractivity contribution in [2.45, 2.75) is 52.3 Å². The lowest BCUT2D eigenvalue weighted by molar-refractivity contribution is -0.139. The summed E-state index contributed by atoms with van der Waals surface area (Å²) in [5.41, 5.74) is 2.27. The van der Waals surface area contributed by atoms with Crippen LogP contribution in [0.1, 0.15) is 43.5 Å². The van der Waals surface area contributed by atoms with Crippen molar-refractivity contribution in [2.75, 3.05) is 19.0 Å². The Labute approximate surface area is 194 Å². The van der Waals surface area contributed by atoms with Gasteiger partial charge in [-0.1, -0.05) is 48.0 Å². The van der Waals surface area contributed by atoms with Crippen LogP contribution in [0, 0.1) is 13.8 Å². The second kappa shape index (κ2) is 11.0. The number of nitrogens with one attached hydrogen (secondary N) is 2. The summed E-state index contributed by atoms with van der Waals surface area (Å²) in [5, 5.41) is 15.1. The lowest BCUT2D eigenvalue weighted by Gasteiger charge is -2.31. The second-order valence-electron chi connectivity index (χ2n) is 8.95. The number of carbonyl (C=O) groups excluding carboxylic acids is 3. The predicted octanol–water partition coefficient (Wildman–Crippen LogP) is 3.33. The number of likely N-dealkylation sites (N-methyl/N-ethyl adjacent to an activating group) is 1. The van der Waals surface area contributed by atoms with E-state index in [1.54, 1.807) is 39.0 Å². The van der Waals surface area contributed by atoms with Crippen molar-refractivity contribution in [1.82, 2.24) is 10.2 Å². The fraction of sp³-hybridized carbons (Fsp3) is 0.400. The average Bonchev–Trinajstić information content (AvgIpc) is 2.72. The molecule has 0 aliphatic rings. The maximum atomic E-state index is 13.4. The minimum absolute atomic E-state index is 0.417. The monoisotopic (exact) mass is 455 g/mol. The molecule has 0 fully saturated rings. The molecule has 0 aliphatic heterocycles. The normalized spacial score (nSPS) is 12.9. The van der Waals surface area contributed by atoms with E-state index in [1.165, 1.54) is 11.9 Å². The molecule has 178 valence electrons. The van der Waals surface area contributed by atoms with Gasteiger partial charge in [-0.15, -0.1) is 0 Å². The van der Waals surface area contributed by atoms with Crippen LogP contribution in [0.5, 0.6) is 0 Å². The number of nitrogens with zero attached hydrogens (tertiary/aromatic N) is 1. The van der Waals surface area contributed by atoms with Gasteiger partial charge in [-0.2, -0.15) is 0 Å². The number of benzene rings is 2. The fourth-order valence-corrected chi connectivity index (χ4v) is 3.31. The summed E-state index contributed by atoms with van der Waals surface area (Å²) in [6.07, 6.45) is -0.834. The molecule has 0 aromatic heterocycles. The lowest BCUT2D eigenvalue weighted by atomic mass is 10.0. The zero-order valence-corrected chi connectivity index (χ0v) is 20.0. The molecule has 33 heavy (non-hydrogen) atoms. The van der Waals surface area contributed by atoms with Gasteiger partial charge in [0.15, 0.2) is 0 Å². The van der Waals surface area contributed by atoms with Gasteiger partial charge in [-0.05, 0) is 51.8 Å². The number of para-hydroxylation sites is 1. The molecule has 0 spiro atoms. The van der Waals surface area contributed by atoms with Crippen LogP contribution >= 0.6 is 0 Å². The number of rotatable bonds is 7. The van der Waals surface area contributed by atoms with E-state index < -0.39 is 42.2 Å². The Balaban J connectivity index is 2.33. The maximum Gasteiger partial charge on any atom is 0.408 e. The number of anilines is 1. The van der Waals surface area contributed by atoms with E-state index >= 15 is 0 Å². The zero-order valence-electron chi connectivity index (χ0n) is 20.0. The number of aliphatic hydroxyl groups is 1. The van der Waals surface area contributed by atoms with Crippen LogP contribution in [-0.2, 0) is 14.3 Å². The first kappa shape index (κ1) is 25.9. The molecule has 2 atom stereocenters. The number of ether oxygens (including phenoxy) is 1. The van der Waals surface area contributed by atoms with Gasteiger partial charge in [0.05, 0.1) is 6.61 Å². The largest absolute Gasteiger partial charge is 0.444 e. The first-order valence-corrected chi connectivity index (χ1v) is 10.7. The molecule has 8 heteroatoms. The Morgan fingerprint density at radius 2 is 1.73 bits per heavy atom. The highest BCUT2D eigenvalue weighted by Gasteiger charge is 2.34. The number of aryl methyl sites for hydroxylation is 2.